The van der Waals surface area contributed by atoms with Gasteiger partial charge in [-0.15, -0.1) is 0 Å². The molecule has 0 radical (unpaired) electrons. The number of amides is 2. The number of anilines is 1. The van der Waals surface area contributed by atoms with E-state index in [0.717, 1.165) is 4.31 Å². The molecule has 0 saturated heterocycles. The normalized spacial score (nSPS) is 12.7. The first-order chi connectivity index (χ1) is 11.1. The number of hydrogen-bond donors (Lipinski definition) is 3. The van der Waals surface area contributed by atoms with Gasteiger partial charge in [0.2, 0.25) is 21.8 Å². The quantitative estimate of drug-likeness (QED) is 0.611. The molecule has 1 aromatic rings. The Morgan fingerprint density at radius 2 is 1.83 bits per heavy atom. The Kier molecular flexibility index (Phi) is 7.33. The van der Waals surface area contributed by atoms with Gasteiger partial charge in [-0.1, -0.05) is 0 Å². The Hall–Kier alpha value is -1.97. The van der Waals surface area contributed by atoms with Gasteiger partial charge in [0.1, 0.15) is 0 Å². The van der Waals surface area contributed by atoms with Gasteiger partial charge in [-0.25, -0.2) is 8.42 Å². The van der Waals surface area contributed by atoms with Crippen LogP contribution in [0, 0.1) is 0 Å². The summed E-state index contributed by atoms with van der Waals surface area (Å²) >= 11 is 0. The predicted octanol–water partition coefficient (Wildman–Crippen LogP) is 0.119. The molecule has 0 saturated carbocycles. The molecular formula is C15H24N4O4S. The Labute approximate surface area is 142 Å². The number of nitrogens with zero attached hydrogens (tertiary/aromatic N) is 1. The maximum atomic E-state index is 12.4. The van der Waals surface area contributed by atoms with Crippen LogP contribution in [0.2, 0.25) is 0 Å². The van der Waals surface area contributed by atoms with E-state index in [1.165, 1.54) is 38.2 Å². The number of nitrogens with two attached hydrogens (primary N) is 1. The second-order valence-corrected chi connectivity index (χ2v) is 7.63. The summed E-state index contributed by atoms with van der Waals surface area (Å²) in [5.74, 6) is -0.636. The summed E-state index contributed by atoms with van der Waals surface area (Å²) in [4.78, 5) is 22.8. The fourth-order valence-corrected chi connectivity index (χ4v) is 3.00. The van der Waals surface area contributed by atoms with Crippen molar-refractivity contribution in [2.75, 3.05) is 25.5 Å². The molecule has 24 heavy (non-hydrogen) atoms. The summed E-state index contributed by atoms with van der Waals surface area (Å²) < 4.78 is 25.8. The second kappa shape index (κ2) is 8.76. The van der Waals surface area contributed by atoms with Gasteiger partial charge in [-0.2, -0.15) is 4.31 Å². The fourth-order valence-electron chi connectivity index (χ4n) is 1.88. The van der Waals surface area contributed by atoms with Crippen LogP contribution in [0.3, 0.4) is 0 Å². The van der Waals surface area contributed by atoms with E-state index < -0.39 is 15.9 Å². The Balaban J connectivity index is 2.69. The summed E-state index contributed by atoms with van der Waals surface area (Å²) in [5.41, 5.74) is 6.08. The van der Waals surface area contributed by atoms with Crippen LogP contribution in [-0.2, 0) is 19.6 Å². The standard InChI is InChI=1S/C15H24N4O4S/c1-11(16)8-9-17-15(21)10-19(3)24(22,23)14-6-4-13(5-7-14)18-12(2)20/h4-7,11H,8-10,16H2,1-3H3,(H,17,21)(H,18,20). The molecule has 0 aliphatic rings. The van der Waals surface area contributed by atoms with Crippen molar-refractivity contribution in [3.63, 3.8) is 0 Å². The lowest BCUT2D eigenvalue weighted by Crippen LogP contribution is -2.39. The van der Waals surface area contributed by atoms with Crippen molar-refractivity contribution >= 4 is 27.5 Å². The number of carbonyl (C=O) groups excluding carboxylic acids is 2. The van der Waals surface area contributed by atoms with Crippen LogP contribution in [0.15, 0.2) is 29.2 Å². The highest BCUT2D eigenvalue weighted by Crippen LogP contribution is 2.17. The summed E-state index contributed by atoms with van der Waals surface area (Å²) in [5, 5.41) is 5.18. The van der Waals surface area contributed by atoms with E-state index in [4.69, 9.17) is 5.73 Å². The summed E-state index contributed by atoms with van der Waals surface area (Å²) in [6.07, 6.45) is 0.618. The van der Waals surface area contributed by atoms with Crippen LogP contribution >= 0.6 is 0 Å². The molecule has 9 heteroatoms. The van der Waals surface area contributed by atoms with E-state index in [2.05, 4.69) is 10.6 Å². The van der Waals surface area contributed by atoms with Crippen molar-refractivity contribution in [1.82, 2.24) is 9.62 Å². The molecule has 2 amide bonds. The minimum Gasteiger partial charge on any atom is -0.355 e. The van der Waals surface area contributed by atoms with E-state index in [1.54, 1.807) is 0 Å². The van der Waals surface area contributed by atoms with Gasteiger partial charge in [0.05, 0.1) is 11.4 Å². The topological polar surface area (TPSA) is 122 Å². The lowest BCUT2D eigenvalue weighted by Gasteiger charge is -2.17. The third-order valence-electron chi connectivity index (χ3n) is 3.17. The van der Waals surface area contributed by atoms with E-state index in [1.807, 2.05) is 6.92 Å². The van der Waals surface area contributed by atoms with Crippen LogP contribution in [0.4, 0.5) is 5.69 Å². The summed E-state index contributed by atoms with van der Waals surface area (Å²) in [6.45, 7) is 3.31. The van der Waals surface area contributed by atoms with Gasteiger partial charge >= 0.3 is 0 Å². The summed E-state index contributed by atoms with van der Waals surface area (Å²) in [6, 6.07) is 5.71. The zero-order valence-electron chi connectivity index (χ0n) is 14.1. The Bertz CT molecular complexity index is 671. The largest absolute Gasteiger partial charge is 0.355 e. The zero-order chi connectivity index (χ0) is 18.3. The molecule has 8 nitrogen and oxygen atoms in total. The number of hydrogen-bond acceptors (Lipinski definition) is 5. The molecule has 1 rings (SSSR count). The summed E-state index contributed by atoms with van der Waals surface area (Å²) in [7, 11) is -2.45. The first kappa shape index (κ1) is 20.1. The lowest BCUT2D eigenvalue weighted by molar-refractivity contribution is -0.121. The van der Waals surface area contributed by atoms with Gasteiger partial charge in [0, 0.05) is 32.2 Å². The number of sulfonamides is 1. The fraction of sp³-hybridized carbons (Fsp3) is 0.467. The molecule has 0 aliphatic carbocycles. The number of carbonyl (C=O) groups is 2. The first-order valence-corrected chi connectivity index (χ1v) is 8.93. The number of nitrogens with one attached hydrogen (secondary N) is 2. The molecule has 0 aromatic heterocycles. The van der Waals surface area contributed by atoms with Gasteiger partial charge in [0.15, 0.2) is 0 Å². The molecular weight excluding hydrogens is 332 g/mol. The Morgan fingerprint density at radius 1 is 1.25 bits per heavy atom. The predicted molar refractivity (Wildman–Crippen MR) is 91.8 cm³/mol. The van der Waals surface area contributed by atoms with Crippen molar-refractivity contribution < 1.29 is 18.0 Å². The monoisotopic (exact) mass is 356 g/mol. The smallest absolute Gasteiger partial charge is 0.243 e. The molecule has 4 N–H and O–H groups in total. The van der Waals surface area contributed by atoms with Crippen molar-refractivity contribution in [1.29, 1.82) is 0 Å². The SMILES string of the molecule is CC(=O)Nc1ccc(S(=O)(=O)N(C)CC(=O)NCCC(C)N)cc1. The van der Waals surface area contributed by atoms with Crippen molar-refractivity contribution in [3.8, 4) is 0 Å². The molecule has 1 atom stereocenters. The molecule has 134 valence electrons. The van der Waals surface area contributed by atoms with Crippen LogP contribution in [0.5, 0.6) is 0 Å². The number of rotatable bonds is 8. The van der Waals surface area contributed by atoms with Gasteiger partial charge < -0.3 is 16.4 Å². The number of likely N-dealkylation sites (N-methyl/N-ethyl adjacent to an activating group) is 1. The molecule has 0 heterocycles. The molecule has 1 aromatic carbocycles. The minimum absolute atomic E-state index is 0.0334. The van der Waals surface area contributed by atoms with E-state index in [9.17, 15) is 18.0 Å². The maximum Gasteiger partial charge on any atom is 0.243 e. The van der Waals surface area contributed by atoms with Crippen LogP contribution in [0.25, 0.3) is 0 Å². The van der Waals surface area contributed by atoms with Gasteiger partial charge in [0.25, 0.3) is 0 Å². The van der Waals surface area contributed by atoms with Crippen LogP contribution < -0.4 is 16.4 Å². The van der Waals surface area contributed by atoms with Crippen LogP contribution in [-0.4, -0.2) is 50.7 Å². The molecule has 1 unspecified atom stereocenters. The van der Waals surface area contributed by atoms with E-state index in [-0.39, 0.29) is 23.4 Å². The average molecular weight is 356 g/mol. The van der Waals surface area contributed by atoms with E-state index in [0.29, 0.717) is 18.7 Å². The van der Waals surface area contributed by atoms with Crippen molar-refractivity contribution in [3.05, 3.63) is 24.3 Å². The highest BCUT2D eigenvalue weighted by Gasteiger charge is 2.22. The molecule has 0 aliphatic heterocycles. The second-order valence-electron chi connectivity index (χ2n) is 5.58. The maximum absolute atomic E-state index is 12.4. The lowest BCUT2D eigenvalue weighted by atomic mass is 10.2. The third-order valence-corrected chi connectivity index (χ3v) is 4.99. The van der Waals surface area contributed by atoms with Crippen molar-refractivity contribution in [2.45, 2.75) is 31.2 Å². The first-order valence-electron chi connectivity index (χ1n) is 7.49. The molecule has 0 spiro atoms. The molecule has 0 bridgehead atoms. The van der Waals surface area contributed by atoms with Gasteiger partial charge in [-0.05, 0) is 37.6 Å². The third kappa shape index (κ3) is 6.26. The number of benzene rings is 1. The molecule has 0 fully saturated rings. The zero-order valence-corrected chi connectivity index (χ0v) is 14.9. The van der Waals surface area contributed by atoms with E-state index >= 15 is 0 Å². The Morgan fingerprint density at radius 3 is 2.33 bits per heavy atom. The minimum atomic E-state index is -3.79. The average Bonchev–Trinajstić information content (AvgIpc) is 2.46. The highest BCUT2D eigenvalue weighted by molar-refractivity contribution is 7.89. The van der Waals surface area contributed by atoms with Crippen LogP contribution in [0.1, 0.15) is 20.3 Å². The van der Waals surface area contributed by atoms with Crippen molar-refractivity contribution in [2.24, 2.45) is 5.73 Å². The van der Waals surface area contributed by atoms with Gasteiger partial charge in [-0.3, -0.25) is 9.59 Å². The highest BCUT2D eigenvalue weighted by atomic mass is 32.2.